The smallest absolute Gasteiger partial charge is 0.227 e. The minimum absolute atomic E-state index is 0.0141. The average molecular weight is 242 g/mol. The lowest BCUT2D eigenvalue weighted by atomic mass is 9.99. The minimum Gasteiger partial charge on any atom is -0.341 e. The number of benzene rings is 1. The molecule has 1 atom stereocenters. The van der Waals surface area contributed by atoms with Crippen LogP contribution in [0.5, 0.6) is 0 Å². The quantitative estimate of drug-likeness (QED) is 0.798. The molecular weight excluding hydrogens is 224 g/mol. The number of piperidine rings is 1. The summed E-state index contributed by atoms with van der Waals surface area (Å²) in [7, 11) is 0. The molecule has 0 radical (unpaired) electrons. The Balaban J connectivity index is 1.98. The van der Waals surface area contributed by atoms with Crippen molar-refractivity contribution in [1.82, 2.24) is 4.90 Å². The van der Waals surface area contributed by atoms with Crippen molar-refractivity contribution in [2.75, 3.05) is 13.1 Å². The SMILES string of the molecule is Cc1cccc(CC(=O)N2CCCC(C#N)C2)c1. The zero-order valence-electron chi connectivity index (χ0n) is 10.7. The second-order valence-corrected chi connectivity index (χ2v) is 4.97. The number of nitriles is 1. The van der Waals surface area contributed by atoms with E-state index in [0.717, 1.165) is 24.9 Å². The van der Waals surface area contributed by atoms with Gasteiger partial charge in [-0.3, -0.25) is 4.79 Å². The van der Waals surface area contributed by atoms with E-state index in [-0.39, 0.29) is 11.8 Å². The summed E-state index contributed by atoms with van der Waals surface area (Å²) in [6.07, 6.45) is 2.31. The van der Waals surface area contributed by atoms with Crippen LogP contribution in [0.1, 0.15) is 24.0 Å². The fraction of sp³-hybridized carbons (Fsp3) is 0.467. The van der Waals surface area contributed by atoms with E-state index in [1.807, 2.05) is 36.1 Å². The second-order valence-electron chi connectivity index (χ2n) is 4.97. The lowest BCUT2D eigenvalue weighted by Gasteiger charge is -2.29. The predicted octanol–water partition coefficient (Wildman–Crippen LogP) is 2.30. The highest BCUT2D eigenvalue weighted by Crippen LogP contribution is 2.16. The third-order valence-corrected chi connectivity index (χ3v) is 3.39. The van der Waals surface area contributed by atoms with Crippen molar-refractivity contribution < 1.29 is 4.79 Å². The zero-order chi connectivity index (χ0) is 13.0. The van der Waals surface area contributed by atoms with Crippen LogP contribution in [0.2, 0.25) is 0 Å². The van der Waals surface area contributed by atoms with Gasteiger partial charge >= 0.3 is 0 Å². The first-order chi connectivity index (χ1) is 8.69. The summed E-state index contributed by atoms with van der Waals surface area (Å²) in [4.78, 5) is 14.0. The predicted molar refractivity (Wildman–Crippen MR) is 69.8 cm³/mol. The number of carbonyl (C=O) groups excluding carboxylic acids is 1. The molecule has 1 fully saturated rings. The first-order valence-corrected chi connectivity index (χ1v) is 6.42. The van der Waals surface area contributed by atoms with Gasteiger partial charge in [0.05, 0.1) is 18.4 Å². The molecule has 1 aliphatic rings. The molecule has 1 aromatic rings. The standard InChI is InChI=1S/C15H18N2O/c1-12-4-2-5-13(8-12)9-15(18)17-7-3-6-14(10-16)11-17/h2,4-5,8,14H,3,6-7,9,11H2,1H3. The maximum atomic E-state index is 12.2. The van der Waals surface area contributed by atoms with E-state index < -0.39 is 0 Å². The Morgan fingerprint density at radius 3 is 3.11 bits per heavy atom. The summed E-state index contributed by atoms with van der Waals surface area (Å²) >= 11 is 0. The summed E-state index contributed by atoms with van der Waals surface area (Å²) in [5.41, 5.74) is 2.23. The molecule has 1 aliphatic heterocycles. The van der Waals surface area contributed by atoms with Crippen LogP contribution >= 0.6 is 0 Å². The number of aryl methyl sites for hydroxylation is 1. The second kappa shape index (κ2) is 5.68. The van der Waals surface area contributed by atoms with Gasteiger partial charge in [-0.2, -0.15) is 5.26 Å². The molecule has 1 heterocycles. The first-order valence-electron chi connectivity index (χ1n) is 6.42. The molecule has 18 heavy (non-hydrogen) atoms. The van der Waals surface area contributed by atoms with Crippen LogP contribution < -0.4 is 0 Å². The molecule has 1 aromatic carbocycles. The molecule has 0 aliphatic carbocycles. The van der Waals surface area contributed by atoms with Gasteiger partial charge in [-0.25, -0.2) is 0 Å². The highest BCUT2D eigenvalue weighted by molar-refractivity contribution is 5.79. The Kier molecular flexibility index (Phi) is 3.99. The average Bonchev–Trinajstić information content (AvgIpc) is 2.39. The minimum atomic E-state index is 0.0141. The molecule has 0 N–H and O–H groups in total. The molecule has 94 valence electrons. The van der Waals surface area contributed by atoms with Gasteiger partial charge < -0.3 is 4.90 Å². The van der Waals surface area contributed by atoms with Crippen molar-refractivity contribution >= 4 is 5.91 Å². The molecule has 0 bridgehead atoms. The van der Waals surface area contributed by atoms with Gasteiger partial charge in [-0.15, -0.1) is 0 Å². The number of hydrogen-bond acceptors (Lipinski definition) is 2. The summed E-state index contributed by atoms with van der Waals surface area (Å²) in [5, 5.41) is 8.93. The third-order valence-electron chi connectivity index (χ3n) is 3.39. The largest absolute Gasteiger partial charge is 0.341 e. The van der Waals surface area contributed by atoms with E-state index in [1.54, 1.807) is 0 Å². The van der Waals surface area contributed by atoms with Crippen molar-refractivity contribution in [3.8, 4) is 6.07 Å². The van der Waals surface area contributed by atoms with Crippen LogP contribution in [0.3, 0.4) is 0 Å². The van der Waals surface area contributed by atoms with Crippen LogP contribution in [0.25, 0.3) is 0 Å². The van der Waals surface area contributed by atoms with Crippen molar-refractivity contribution in [2.24, 2.45) is 5.92 Å². The summed E-state index contributed by atoms with van der Waals surface area (Å²) in [6, 6.07) is 10.3. The highest BCUT2D eigenvalue weighted by Gasteiger charge is 2.23. The molecule has 1 amide bonds. The van der Waals surface area contributed by atoms with Gasteiger partial charge in [0.1, 0.15) is 0 Å². The van der Waals surface area contributed by atoms with E-state index in [1.165, 1.54) is 5.56 Å². The highest BCUT2D eigenvalue weighted by atomic mass is 16.2. The fourth-order valence-corrected chi connectivity index (χ4v) is 2.42. The van der Waals surface area contributed by atoms with Crippen LogP contribution in [-0.2, 0) is 11.2 Å². The molecule has 1 unspecified atom stereocenters. The Hall–Kier alpha value is -1.82. The van der Waals surface area contributed by atoms with Crippen LogP contribution in [0.4, 0.5) is 0 Å². The van der Waals surface area contributed by atoms with E-state index in [9.17, 15) is 4.79 Å². The molecule has 3 nitrogen and oxygen atoms in total. The fourth-order valence-electron chi connectivity index (χ4n) is 2.42. The Morgan fingerprint density at radius 1 is 1.56 bits per heavy atom. The van der Waals surface area contributed by atoms with Crippen molar-refractivity contribution in [3.05, 3.63) is 35.4 Å². The molecule has 1 saturated heterocycles. The van der Waals surface area contributed by atoms with E-state index in [2.05, 4.69) is 6.07 Å². The van der Waals surface area contributed by atoms with Crippen LogP contribution in [0, 0.1) is 24.2 Å². The Morgan fingerprint density at radius 2 is 2.39 bits per heavy atom. The van der Waals surface area contributed by atoms with Crippen LogP contribution in [-0.4, -0.2) is 23.9 Å². The molecular formula is C15H18N2O. The molecule has 0 aromatic heterocycles. The van der Waals surface area contributed by atoms with Gasteiger partial charge in [-0.1, -0.05) is 29.8 Å². The van der Waals surface area contributed by atoms with E-state index >= 15 is 0 Å². The Bertz CT molecular complexity index is 476. The number of likely N-dealkylation sites (tertiary alicyclic amines) is 1. The van der Waals surface area contributed by atoms with Gasteiger partial charge in [0.15, 0.2) is 0 Å². The Labute approximate surface area is 108 Å². The first kappa shape index (κ1) is 12.6. The summed E-state index contributed by atoms with van der Waals surface area (Å²) < 4.78 is 0. The van der Waals surface area contributed by atoms with Gasteiger partial charge in [-0.05, 0) is 25.3 Å². The monoisotopic (exact) mass is 242 g/mol. The number of hydrogen-bond donors (Lipinski definition) is 0. The number of amides is 1. The molecule has 3 heteroatoms. The van der Waals surface area contributed by atoms with Crippen molar-refractivity contribution in [2.45, 2.75) is 26.2 Å². The lowest BCUT2D eigenvalue weighted by Crippen LogP contribution is -2.40. The lowest BCUT2D eigenvalue weighted by molar-refractivity contribution is -0.131. The maximum absolute atomic E-state index is 12.2. The van der Waals surface area contributed by atoms with Crippen LogP contribution in [0.15, 0.2) is 24.3 Å². The zero-order valence-corrected chi connectivity index (χ0v) is 10.7. The molecule has 2 rings (SSSR count). The van der Waals surface area contributed by atoms with Crippen molar-refractivity contribution in [1.29, 1.82) is 5.26 Å². The van der Waals surface area contributed by atoms with Gasteiger partial charge in [0.2, 0.25) is 5.91 Å². The molecule has 0 saturated carbocycles. The topological polar surface area (TPSA) is 44.1 Å². The van der Waals surface area contributed by atoms with E-state index in [4.69, 9.17) is 5.26 Å². The number of carbonyl (C=O) groups is 1. The third kappa shape index (κ3) is 3.10. The maximum Gasteiger partial charge on any atom is 0.227 e. The van der Waals surface area contributed by atoms with Gasteiger partial charge in [0, 0.05) is 13.1 Å². The summed E-state index contributed by atoms with van der Waals surface area (Å²) in [5.74, 6) is 0.153. The normalized spacial score (nSPS) is 19.3. The summed E-state index contributed by atoms with van der Waals surface area (Å²) in [6.45, 7) is 3.42. The van der Waals surface area contributed by atoms with Crippen molar-refractivity contribution in [3.63, 3.8) is 0 Å². The number of rotatable bonds is 2. The number of nitrogens with zero attached hydrogens (tertiary/aromatic N) is 2. The molecule has 0 spiro atoms. The van der Waals surface area contributed by atoms with Gasteiger partial charge in [0.25, 0.3) is 0 Å². The van der Waals surface area contributed by atoms with E-state index in [0.29, 0.717) is 13.0 Å².